The van der Waals surface area contributed by atoms with Gasteiger partial charge in [0.15, 0.2) is 11.5 Å². The second-order valence-corrected chi connectivity index (χ2v) is 5.64. The number of aromatic amines is 1. The molecule has 0 aliphatic rings. The molecule has 1 N–H and O–H groups in total. The van der Waals surface area contributed by atoms with Crippen LogP contribution in [-0.4, -0.2) is 24.2 Å². The Morgan fingerprint density at radius 2 is 1.57 bits per heavy atom. The van der Waals surface area contributed by atoms with Crippen LogP contribution in [0.4, 0.5) is 0 Å². The van der Waals surface area contributed by atoms with Crippen molar-refractivity contribution in [3.63, 3.8) is 0 Å². The first-order valence-electron chi connectivity index (χ1n) is 7.20. The van der Waals surface area contributed by atoms with E-state index in [1.807, 2.05) is 18.2 Å². The van der Waals surface area contributed by atoms with Gasteiger partial charge in [-0.3, -0.25) is 0 Å². The molecule has 0 aliphatic heterocycles. The van der Waals surface area contributed by atoms with Gasteiger partial charge in [-0.15, -0.1) is 12.6 Å². The number of benzene rings is 2. The highest BCUT2D eigenvalue weighted by molar-refractivity contribution is 7.80. The molecule has 0 radical (unpaired) electrons. The molecule has 23 heavy (non-hydrogen) atoms. The largest absolute Gasteiger partial charge is 0.493 e. The van der Waals surface area contributed by atoms with Crippen LogP contribution in [0, 0.1) is 6.92 Å². The molecule has 3 rings (SSSR count). The molecular formula is C18H18N2O2S. The zero-order valence-corrected chi connectivity index (χ0v) is 14.1. The second kappa shape index (κ2) is 6.38. The monoisotopic (exact) mass is 326 g/mol. The van der Waals surface area contributed by atoms with E-state index in [9.17, 15) is 0 Å². The number of aromatic nitrogens is 2. The van der Waals surface area contributed by atoms with Gasteiger partial charge in [0, 0.05) is 11.1 Å². The molecule has 2 aromatic carbocycles. The third kappa shape index (κ3) is 3.05. The van der Waals surface area contributed by atoms with E-state index in [4.69, 9.17) is 9.47 Å². The van der Waals surface area contributed by atoms with Gasteiger partial charge in [0.1, 0.15) is 10.9 Å². The lowest BCUT2D eigenvalue weighted by atomic mass is 10.1. The lowest BCUT2D eigenvalue weighted by molar-refractivity contribution is 0.355. The Morgan fingerprint density at radius 3 is 2.22 bits per heavy atom. The fourth-order valence-electron chi connectivity index (χ4n) is 2.41. The maximum atomic E-state index is 5.35. The van der Waals surface area contributed by atoms with Gasteiger partial charge in [0.2, 0.25) is 0 Å². The number of aryl methyl sites for hydroxylation is 1. The molecule has 5 heteroatoms. The maximum Gasteiger partial charge on any atom is 0.161 e. The van der Waals surface area contributed by atoms with E-state index in [1.165, 1.54) is 5.56 Å². The normalized spacial score (nSPS) is 10.6. The Labute approximate surface area is 140 Å². The average Bonchev–Trinajstić information content (AvgIpc) is 2.96. The summed E-state index contributed by atoms with van der Waals surface area (Å²) in [5.41, 5.74) is 4.09. The molecule has 1 heterocycles. The van der Waals surface area contributed by atoms with E-state index in [0.717, 1.165) is 22.6 Å². The van der Waals surface area contributed by atoms with Crippen LogP contribution in [0.15, 0.2) is 47.5 Å². The lowest BCUT2D eigenvalue weighted by Gasteiger charge is -2.08. The predicted octanol–water partition coefficient (Wildman–Crippen LogP) is 4.36. The standard InChI is InChI=1S/C18H18N2O2S/c1-11-4-6-12(7-5-11)16-18(23)20-17(19-16)13-8-9-14(21-2)15(10-13)22-3/h4-10,23H,1-3H3,(H,19,20). The number of methoxy groups -OCH3 is 2. The number of nitrogens with zero attached hydrogens (tertiary/aromatic N) is 1. The van der Waals surface area contributed by atoms with Crippen LogP contribution in [0.1, 0.15) is 5.56 Å². The first-order valence-corrected chi connectivity index (χ1v) is 7.65. The first kappa shape index (κ1) is 15.5. The van der Waals surface area contributed by atoms with E-state index in [-0.39, 0.29) is 0 Å². The highest BCUT2D eigenvalue weighted by atomic mass is 32.1. The number of nitrogens with one attached hydrogen (secondary N) is 1. The van der Waals surface area contributed by atoms with Gasteiger partial charge in [-0.25, -0.2) is 4.98 Å². The average molecular weight is 326 g/mol. The molecule has 0 fully saturated rings. The molecule has 0 amide bonds. The summed E-state index contributed by atoms with van der Waals surface area (Å²) >= 11 is 4.50. The molecule has 0 saturated heterocycles. The van der Waals surface area contributed by atoms with E-state index in [0.29, 0.717) is 16.5 Å². The van der Waals surface area contributed by atoms with Crippen molar-refractivity contribution in [1.29, 1.82) is 0 Å². The minimum atomic E-state index is 0.665. The van der Waals surface area contributed by atoms with Gasteiger partial charge in [0.05, 0.1) is 19.9 Å². The van der Waals surface area contributed by atoms with Crippen molar-refractivity contribution in [1.82, 2.24) is 9.97 Å². The van der Waals surface area contributed by atoms with Crippen molar-refractivity contribution in [3.8, 4) is 34.1 Å². The van der Waals surface area contributed by atoms with E-state index in [2.05, 4.69) is 53.8 Å². The zero-order valence-electron chi connectivity index (χ0n) is 13.3. The lowest BCUT2D eigenvalue weighted by Crippen LogP contribution is -1.91. The number of imidazole rings is 1. The highest BCUT2D eigenvalue weighted by Crippen LogP contribution is 2.33. The van der Waals surface area contributed by atoms with Crippen molar-refractivity contribution in [3.05, 3.63) is 48.0 Å². The van der Waals surface area contributed by atoms with E-state index < -0.39 is 0 Å². The summed E-state index contributed by atoms with van der Waals surface area (Å²) in [6.45, 7) is 2.06. The van der Waals surface area contributed by atoms with E-state index >= 15 is 0 Å². The summed E-state index contributed by atoms with van der Waals surface area (Å²) in [5.74, 6) is 2.10. The summed E-state index contributed by atoms with van der Waals surface area (Å²) < 4.78 is 10.6. The van der Waals surface area contributed by atoms with Crippen molar-refractivity contribution in [2.24, 2.45) is 0 Å². The number of ether oxygens (including phenoxy) is 2. The molecule has 3 aromatic rings. The Bertz CT molecular complexity index is 826. The predicted molar refractivity (Wildman–Crippen MR) is 94.6 cm³/mol. The maximum absolute atomic E-state index is 5.35. The van der Waals surface area contributed by atoms with Gasteiger partial charge in [0.25, 0.3) is 0 Å². The quantitative estimate of drug-likeness (QED) is 0.700. The molecule has 4 nitrogen and oxygen atoms in total. The van der Waals surface area contributed by atoms with Crippen molar-refractivity contribution in [2.45, 2.75) is 11.9 Å². The number of rotatable bonds is 4. The van der Waals surface area contributed by atoms with Crippen LogP contribution >= 0.6 is 12.6 Å². The minimum Gasteiger partial charge on any atom is -0.493 e. The molecule has 0 bridgehead atoms. The van der Waals surface area contributed by atoms with Crippen LogP contribution in [0.2, 0.25) is 0 Å². The van der Waals surface area contributed by atoms with Crippen LogP contribution in [0.3, 0.4) is 0 Å². The minimum absolute atomic E-state index is 0.665. The summed E-state index contributed by atoms with van der Waals surface area (Å²) in [5, 5.41) is 0.665. The van der Waals surface area contributed by atoms with Gasteiger partial charge in [-0.2, -0.15) is 0 Å². The van der Waals surface area contributed by atoms with Gasteiger partial charge >= 0.3 is 0 Å². The van der Waals surface area contributed by atoms with Crippen LogP contribution in [-0.2, 0) is 0 Å². The Morgan fingerprint density at radius 1 is 0.913 bits per heavy atom. The van der Waals surface area contributed by atoms with Crippen LogP contribution in [0.5, 0.6) is 11.5 Å². The molecule has 0 unspecified atom stereocenters. The summed E-state index contributed by atoms with van der Waals surface area (Å²) in [7, 11) is 3.23. The van der Waals surface area contributed by atoms with Crippen molar-refractivity contribution >= 4 is 12.6 Å². The molecule has 0 atom stereocenters. The third-order valence-electron chi connectivity index (χ3n) is 3.68. The van der Waals surface area contributed by atoms with Crippen molar-refractivity contribution in [2.75, 3.05) is 14.2 Å². The number of hydrogen-bond donors (Lipinski definition) is 2. The fraction of sp³-hybridized carbons (Fsp3) is 0.167. The fourth-order valence-corrected chi connectivity index (χ4v) is 2.69. The molecule has 0 saturated carbocycles. The topological polar surface area (TPSA) is 47.1 Å². The van der Waals surface area contributed by atoms with Crippen LogP contribution < -0.4 is 9.47 Å². The Kier molecular flexibility index (Phi) is 4.30. The van der Waals surface area contributed by atoms with Gasteiger partial charge in [-0.05, 0) is 25.1 Å². The number of hydrogen-bond acceptors (Lipinski definition) is 4. The molecule has 0 aliphatic carbocycles. The number of thiol groups is 1. The summed E-state index contributed by atoms with van der Waals surface area (Å²) in [6.07, 6.45) is 0. The molecule has 1 aromatic heterocycles. The smallest absolute Gasteiger partial charge is 0.161 e. The van der Waals surface area contributed by atoms with Gasteiger partial charge < -0.3 is 14.5 Å². The molecule has 118 valence electrons. The number of H-pyrrole nitrogens is 1. The first-order chi connectivity index (χ1) is 11.1. The van der Waals surface area contributed by atoms with E-state index in [1.54, 1.807) is 14.2 Å². The Balaban J connectivity index is 2.02. The third-order valence-corrected chi connectivity index (χ3v) is 4.01. The molecule has 0 spiro atoms. The summed E-state index contributed by atoms with van der Waals surface area (Å²) in [6, 6.07) is 13.9. The highest BCUT2D eigenvalue weighted by Gasteiger charge is 2.13. The van der Waals surface area contributed by atoms with Crippen LogP contribution in [0.25, 0.3) is 22.6 Å². The Hall–Kier alpha value is -2.40. The SMILES string of the molecule is COc1ccc(-c2nc(S)c(-c3ccc(C)cc3)[nH]2)cc1OC. The van der Waals surface area contributed by atoms with Crippen molar-refractivity contribution < 1.29 is 9.47 Å². The zero-order chi connectivity index (χ0) is 16.4. The summed E-state index contributed by atoms with van der Waals surface area (Å²) in [4.78, 5) is 7.86. The van der Waals surface area contributed by atoms with Gasteiger partial charge in [-0.1, -0.05) is 29.8 Å². The molecular weight excluding hydrogens is 308 g/mol. The second-order valence-electron chi connectivity index (χ2n) is 5.22.